The van der Waals surface area contributed by atoms with Crippen LogP contribution in [0.25, 0.3) is 0 Å². The Labute approximate surface area is 125 Å². The third-order valence-corrected chi connectivity index (χ3v) is 3.71. The van der Waals surface area contributed by atoms with Crippen LogP contribution < -0.4 is 11.1 Å². The van der Waals surface area contributed by atoms with Gasteiger partial charge >= 0.3 is 5.97 Å². The summed E-state index contributed by atoms with van der Waals surface area (Å²) in [5.41, 5.74) is 6.15. The van der Waals surface area contributed by atoms with Crippen LogP contribution in [0.2, 0.25) is 0 Å². The van der Waals surface area contributed by atoms with Gasteiger partial charge in [-0.2, -0.15) is 0 Å². The number of benzene rings is 1. The van der Waals surface area contributed by atoms with Crippen LogP contribution in [0.3, 0.4) is 0 Å². The summed E-state index contributed by atoms with van der Waals surface area (Å²) in [6.07, 6.45) is 0.596. The molecule has 0 saturated carbocycles. The molecule has 2 rings (SSSR count). The molecule has 1 amide bonds. The van der Waals surface area contributed by atoms with Crippen molar-refractivity contribution in [2.45, 2.75) is 12.5 Å². The second kappa shape index (κ2) is 6.96. The van der Waals surface area contributed by atoms with Crippen LogP contribution in [-0.2, 0) is 11.2 Å². The van der Waals surface area contributed by atoms with Crippen molar-refractivity contribution in [1.82, 2.24) is 10.3 Å². The number of hydrogen-bond donors (Lipinski definition) is 3. The zero-order valence-electron chi connectivity index (χ0n) is 11.2. The van der Waals surface area contributed by atoms with E-state index in [9.17, 15) is 14.7 Å². The molecule has 1 heterocycles. The highest BCUT2D eigenvalue weighted by molar-refractivity contribution is 7.09. The third kappa shape index (κ3) is 3.87. The second-order valence-corrected chi connectivity index (χ2v) is 5.26. The molecule has 0 aliphatic heterocycles. The van der Waals surface area contributed by atoms with Crippen LogP contribution in [0.4, 0.5) is 0 Å². The molecule has 0 bridgehead atoms. The first kappa shape index (κ1) is 15.1. The van der Waals surface area contributed by atoms with E-state index >= 15 is 0 Å². The van der Waals surface area contributed by atoms with E-state index in [0.717, 1.165) is 5.01 Å². The molecular weight excluding hydrogens is 290 g/mol. The van der Waals surface area contributed by atoms with Gasteiger partial charge in [0, 0.05) is 11.8 Å². The lowest BCUT2D eigenvalue weighted by Gasteiger charge is -2.13. The Kier molecular flexibility index (Phi) is 5.02. The fourth-order valence-corrected chi connectivity index (χ4v) is 2.59. The second-order valence-electron chi connectivity index (χ2n) is 4.32. The van der Waals surface area contributed by atoms with Gasteiger partial charge in [0.2, 0.25) is 0 Å². The molecule has 0 unspecified atom stereocenters. The molecule has 4 N–H and O–H groups in total. The van der Waals surface area contributed by atoms with E-state index in [1.54, 1.807) is 35.7 Å². The molecule has 110 valence electrons. The van der Waals surface area contributed by atoms with Gasteiger partial charge in [-0.3, -0.25) is 4.79 Å². The topological polar surface area (TPSA) is 105 Å². The first-order valence-electron chi connectivity index (χ1n) is 6.35. The van der Waals surface area contributed by atoms with E-state index in [0.29, 0.717) is 18.5 Å². The number of aromatic nitrogens is 1. The van der Waals surface area contributed by atoms with Crippen LogP contribution in [-0.4, -0.2) is 28.5 Å². The van der Waals surface area contributed by atoms with E-state index in [1.807, 2.05) is 0 Å². The molecule has 2 aromatic rings. The lowest BCUT2D eigenvalue weighted by atomic mass is 10.1. The summed E-state index contributed by atoms with van der Waals surface area (Å²) >= 11 is 1.33. The molecule has 0 fully saturated rings. The van der Waals surface area contributed by atoms with Crippen LogP contribution in [0.5, 0.6) is 0 Å². The van der Waals surface area contributed by atoms with E-state index in [-0.39, 0.29) is 5.69 Å². The summed E-state index contributed by atoms with van der Waals surface area (Å²) < 4.78 is 0. The van der Waals surface area contributed by atoms with Gasteiger partial charge in [0.15, 0.2) is 6.04 Å². The Balaban J connectivity index is 2.13. The minimum absolute atomic E-state index is 0.214. The van der Waals surface area contributed by atoms with Gasteiger partial charge in [-0.25, -0.2) is 9.78 Å². The number of carbonyl (C=O) groups excluding carboxylic acids is 1. The van der Waals surface area contributed by atoms with Crippen molar-refractivity contribution in [3.8, 4) is 0 Å². The van der Waals surface area contributed by atoms with Crippen molar-refractivity contribution in [1.29, 1.82) is 0 Å². The Morgan fingerprint density at radius 3 is 2.67 bits per heavy atom. The molecule has 6 nitrogen and oxygen atoms in total. The number of carboxylic acid groups (broad SMARTS) is 1. The van der Waals surface area contributed by atoms with Crippen molar-refractivity contribution in [2.24, 2.45) is 5.73 Å². The Morgan fingerprint density at radius 2 is 2.05 bits per heavy atom. The number of thiazole rings is 1. The molecule has 0 spiro atoms. The molecule has 0 aliphatic carbocycles. The number of nitrogens with one attached hydrogen (secondary N) is 1. The van der Waals surface area contributed by atoms with Gasteiger partial charge in [-0.15, -0.1) is 11.3 Å². The largest absolute Gasteiger partial charge is 0.479 e. The maximum absolute atomic E-state index is 12.1. The summed E-state index contributed by atoms with van der Waals surface area (Å²) in [7, 11) is 0. The number of hydrogen-bond acceptors (Lipinski definition) is 5. The molecule has 0 saturated heterocycles. The summed E-state index contributed by atoms with van der Waals surface area (Å²) in [6, 6.07) is 7.43. The van der Waals surface area contributed by atoms with E-state index in [4.69, 9.17) is 5.73 Å². The minimum atomic E-state index is -1.12. The van der Waals surface area contributed by atoms with Gasteiger partial charge in [0.05, 0.1) is 5.01 Å². The molecule has 0 aliphatic rings. The van der Waals surface area contributed by atoms with Crippen molar-refractivity contribution < 1.29 is 14.7 Å². The van der Waals surface area contributed by atoms with Crippen molar-refractivity contribution >= 4 is 23.2 Å². The smallest absolute Gasteiger partial charge is 0.330 e. The van der Waals surface area contributed by atoms with Crippen molar-refractivity contribution in [3.05, 3.63) is 52.0 Å². The predicted octanol–water partition coefficient (Wildman–Crippen LogP) is 1.20. The normalized spacial score (nSPS) is 11.9. The quantitative estimate of drug-likeness (QED) is 0.743. The van der Waals surface area contributed by atoms with Crippen LogP contribution in [0.1, 0.15) is 27.1 Å². The zero-order chi connectivity index (χ0) is 15.2. The summed E-state index contributed by atoms with van der Waals surface area (Å²) in [5.74, 6) is -1.63. The van der Waals surface area contributed by atoms with Crippen LogP contribution in [0, 0.1) is 0 Å². The predicted molar refractivity (Wildman–Crippen MR) is 79.2 cm³/mol. The lowest BCUT2D eigenvalue weighted by Crippen LogP contribution is -2.33. The van der Waals surface area contributed by atoms with Gasteiger partial charge in [0.1, 0.15) is 5.69 Å². The van der Waals surface area contributed by atoms with E-state index < -0.39 is 17.9 Å². The monoisotopic (exact) mass is 305 g/mol. The average molecular weight is 305 g/mol. The Hall–Kier alpha value is -2.25. The molecule has 1 atom stereocenters. The third-order valence-electron chi connectivity index (χ3n) is 2.80. The fraction of sp³-hybridized carbons (Fsp3) is 0.214. The van der Waals surface area contributed by atoms with E-state index in [2.05, 4.69) is 10.3 Å². The van der Waals surface area contributed by atoms with Gasteiger partial charge < -0.3 is 16.2 Å². The average Bonchev–Trinajstić information content (AvgIpc) is 2.94. The maximum Gasteiger partial charge on any atom is 0.330 e. The highest BCUT2D eigenvalue weighted by Gasteiger charge is 2.23. The minimum Gasteiger partial charge on any atom is -0.479 e. The number of rotatable bonds is 6. The van der Waals surface area contributed by atoms with Gasteiger partial charge in [-0.1, -0.05) is 30.3 Å². The molecule has 7 heteroatoms. The molecule has 1 aromatic heterocycles. The molecular formula is C14H15N3O3S. The number of nitrogens with zero attached hydrogens (tertiary/aromatic N) is 1. The number of aliphatic carboxylic acids is 1. The SMILES string of the molecule is NCCc1nc(C(=O)N[C@H](C(=O)O)c2ccccc2)cs1. The highest BCUT2D eigenvalue weighted by Crippen LogP contribution is 2.15. The molecule has 0 radical (unpaired) electrons. The fourth-order valence-electron chi connectivity index (χ4n) is 1.79. The maximum atomic E-state index is 12.1. The number of carbonyl (C=O) groups is 2. The molecule has 21 heavy (non-hydrogen) atoms. The van der Waals surface area contributed by atoms with Gasteiger partial charge in [-0.05, 0) is 12.1 Å². The lowest BCUT2D eigenvalue weighted by molar-refractivity contribution is -0.139. The van der Waals surface area contributed by atoms with Crippen molar-refractivity contribution in [2.75, 3.05) is 6.54 Å². The summed E-state index contributed by atoms with van der Waals surface area (Å²) in [5, 5.41) is 14.1. The number of amides is 1. The van der Waals surface area contributed by atoms with Crippen molar-refractivity contribution in [3.63, 3.8) is 0 Å². The zero-order valence-corrected chi connectivity index (χ0v) is 12.0. The van der Waals surface area contributed by atoms with E-state index in [1.165, 1.54) is 11.3 Å². The van der Waals surface area contributed by atoms with Gasteiger partial charge in [0.25, 0.3) is 5.91 Å². The standard InChI is InChI=1S/C14H15N3O3S/c15-7-6-11-16-10(8-21-11)13(18)17-12(14(19)20)9-4-2-1-3-5-9/h1-5,8,12H,6-7,15H2,(H,17,18)(H,19,20)/t12-/m0/s1. The Bertz CT molecular complexity index is 627. The van der Waals surface area contributed by atoms with Crippen LogP contribution >= 0.6 is 11.3 Å². The number of nitrogens with two attached hydrogens (primary N) is 1. The highest BCUT2D eigenvalue weighted by atomic mass is 32.1. The summed E-state index contributed by atoms with van der Waals surface area (Å²) in [4.78, 5) is 27.6. The number of carboxylic acids is 1. The van der Waals surface area contributed by atoms with Crippen LogP contribution in [0.15, 0.2) is 35.7 Å². The molecule has 1 aromatic carbocycles. The first-order valence-corrected chi connectivity index (χ1v) is 7.23. The Morgan fingerprint density at radius 1 is 1.33 bits per heavy atom. The first-order chi connectivity index (χ1) is 10.1. The summed E-state index contributed by atoms with van der Waals surface area (Å²) in [6.45, 7) is 0.455.